The van der Waals surface area contributed by atoms with Gasteiger partial charge in [-0.2, -0.15) is 5.10 Å². The number of hydrogen-bond acceptors (Lipinski definition) is 2. The van der Waals surface area contributed by atoms with Gasteiger partial charge in [0.15, 0.2) is 5.82 Å². The van der Waals surface area contributed by atoms with Crippen molar-refractivity contribution in [1.82, 2.24) is 14.8 Å². The summed E-state index contributed by atoms with van der Waals surface area (Å²) < 4.78 is 2.72. The highest BCUT2D eigenvalue weighted by Gasteiger charge is 1.96. The Morgan fingerprint density at radius 1 is 1.25 bits per heavy atom. The van der Waals surface area contributed by atoms with Crippen LogP contribution in [0.25, 0.3) is 5.82 Å². The monoisotopic (exact) mass is 271 g/mol. The minimum atomic E-state index is 0.848. The van der Waals surface area contributed by atoms with Crippen molar-refractivity contribution in [3.05, 3.63) is 40.4 Å². The fourth-order valence-corrected chi connectivity index (χ4v) is 1.31. The summed E-state index contributed by atoms with van der Waals surface area (Å²) >= 11 is 2.17. The minimum absolute atomic E-state index is 0.848. The number of hydrogen-bond donors (Lipinski definition) is 0. The fraction of sp³-hybridized carbons (Fsp3) is 0. The van der Waals surface area contributed by atoms with Crippen LogP contribution in [-0.2, 0) is 0 Å². The number of rotatable bonds is 1. The first-order chi connectivity index (χ1) is 5.86. The molecule has 60 valence electrons. The molecule has 0 saturated carbocycles. The van der Waals surface area contributed by atoms with E-state index in [9.17, 15) is 0 Å². The Bertz CT molecular complexity index is 369. The Kier molecular flexibility index (Phi) is 2.07. The zero-order valence-corrected chi connectivity index (χ0v) is 8.34. The molecule has 0 bridgehead atoms. The Labute approximate surface area is 83.6 Å². The Morgan fingerprint density at radius 3 is 2.75 bits per heavy atom. The lowest BCUT2D eigenvalue weighted by Crippen LogP contribution is -1.96. The predicted molar refractivity (Wildman–Crippen MR) is 54.1 cm³/mol. The molecule has 0 atom stereocenters. The molecule has 0 aliphatic carbocycles. The van der Waals surface area contributed by atoms with Gasteiger partial charge in [0.2, 0.25) is 0 Å². The summed E-state index contributed by atoms with van der Waals surface area (Å²) in [5, 5.41) is 4.22. The number of aromatic nitrogens is 3. The molecule has 0 fully saturated rings. The summed E-state index contributed by atoms with van der Waals surface area (Å²) in [6.07, 6.45) is 3.65. The molecular weight excluding hydrogens is 265 g/mol. The van der Waals surface area contributed by atoms with Gasteiger partial charge in [-0.25, -0.2) is 9.67 Å². The normalized spacial score (nSPS) is 10.1. The number of halogens is 1. The summed E-state index contributed by atoms with van der Waals surface area (Å²) in [6.45, 7) is 0. The fourth-order valence-electron chi connectivity index (χ4n) is 0.919. The summed E-state index contributed by atoms with van der Waals surface area (Å²) in [6, 6.07) is 7.69. The van der Waals surface area contributed by atoms with Gasteiger partial charge in [0.25, 0.3) is 0 Å². The van der Waals surface area contributed by atoms with Gasteiger partial charge >= 0.3 is 0 Å². The predicted octanol–water partition coefficient (Wildman–Crippen LogP) is 1.87. The third kappa shape index (κ3) is 1.47. The SMILES string of the molecule is Ic1ccn(-c2ccccn2)n1. The molecule has 12 heavy (non-hydrogen) atoms. The van der Waals surface area contributed by atoms with Crippen LogP contribution in [-0.4, -0.2) is 14.8 Å². The van der Waals surface area contributed by atoms with Crippen molar-refractivity contribution in [2.75, 3.05) is 0 Å². The Morgan fingerprint density at radius 2 is 2.17 bits per heavy atom. The van der Waals surface area contributed by atoms with Gasteiger partial charge in [-0.15, -0.1) is 0 Å². The average Bonchev–Trinajstić information content (AvgIpc) is 2.54. The second-order valence-corrected chi connectivity index (χ2v) is 3.38. The van der Waals surface area contributed by atoms with Gasteiger partial charge in [0.05, 0.1) is 0 Å². The smallest absolute Gasteiger partial charge is 0.153 e. The van der Waals surface area contributed by atoms with E-state index in [1.807, 2.05) is 30.5 Å². The third-order valence-corrected chi connectivity index (χ3v) is 2.02. The van der Waals surface area contributed by atoms with Gasteiger partial charge in [-0.3, -0.25) is 0 Å². The standard InChI is InChI=1S/C8H6IN3/c9-7-4-6-12(11-7)8-3-1-2-5-10-8/h1-6H. The molecule has 0 N–H and O–H groups in total. The van der Waals surface area contributed by atoms with Crippen molar-refractivity contribution in [3.63, 3.8) is 0 Å². The zero-order valence-electron chi connectivity index (χ0n) is 6.18. The highest BCUT2D eigenvalue weighted by atomic mass is 127. The van der Waals surface area contributed by atoms with Crippen LogP contribution in [0.5, 0.6) is 0 Å². The van der Waals surface area contributed by atoms with Gasteiger partial charge in [0, 0.05) is 12.4 Å². The van der Waals surface area contributed by atoms with Crippen LogP contribution in [0.15, 0.2) is 36.7 Å². The number of nitrogens with zero attached hydrogens (tertiary/aromatic N) is 3. The van der Waals surface area contributed by atoms with E-state index in [1.54, 1.807) is 10.9 Å². The second-order valence-electron chi connectivity index (χ2n) is 2.27. The van der Waals surface area contributed by atoms with E-state index in [1.165, 1.54) is 0 Å². The first-order valence-corrected chi connectivity index (χ1v) is 4.57. The maximum atomic E-state index is 4.22. The lowest BCUT2D eigenvalue weighted by atomic mass is 10.5. The lowest BCUT2D eigenvalue weighted by molar-refractivity contribution is 0.837. The van der Waals surface area contributed by atoms with Crippen LogP contribution in [0.1, 0.15) is 0 Å². The van der Waals surface area contributed by atoms with Crippen molar-refractivity contribution < 1.29 is 0 Å². The molecule has 2 aromatic heterocycles. The quantitative estimate of drug-likeness (QED) is 0.741. The molecule has 0 amide bonds. The van der Waals surface area contributed by atoms with E-state index in [4.69, 9.17) is 0 Å². The largest absolute Gasteiger partial charge is 0.237 e. The van der Waals surface area contributed by atoms with Crippen LogP contribution in [0, 0.1) is 3.70 Å². The molecule has 0 aliphatic rings. The molecule has 3 nitrogen and oxygen atoms in total. The van der Waals surface area contributed by atoms with Crippen molar-refractivity contribution >= 4 is 22.6 Å². The zero-order chi connectivity index (χ0) is 8.39. The third-order valence-electron chi connectivity index (χ3n) is 1.44. The van der Waals surface area contributed by atoms with Crippen molar-refractivity contribution in [2.45, 2.75) is 0 Å². The van der Waals surface area contributed by atoms with Crippen LogP contribution in [0.2, 0.25) is 0 Å². The van der Waals surface area contributed by atoms with Crippen molar-refractivity contribution in [3.8, 4) is 5.82 Å². The highest BCUT2D eigenvalue weighted by molar-refractivity contribution is 14.1. The van der Waals surface area contributed by atoms with E-state index in [-0.39, 0.29) is 0 Å². The van der Waals surface area contributed by atoms with E-state index in [0.717, 1.165) is 9.52 Å². The maximum Gasteiger partial charge on any atom is 0.153 e. The first-order valence-electron chi connectivity index (χ1n) is 3.49. The van der Waals surface area contributed by atoms with Crippen LogP contribution in [0.4, 0.5) is 0 Å². The molecule has 2 rings (SSSR count). The van der Waals surface area contributed by atoms with E-state index in [0.29, 0.717) is 0 Å². The molecule has 2 heterocycles. The molecular formula is C8H6IN3. The van der Waals surface area contributed by atoms with Crippen LogP contribution < -0.4 is 0 Å². The summed E-state index contributed by atoms with van der Waals surface area (Å²) in [5.41, 5.74) is 0. The highest BCUT2D eigenvalue weighted by Crippen LogP contribution is 2.04. The van der Waals surface area contributed by atoms with E-state index < -0.39 is 0 Å². The Hall–Kier alpha value is -0.910. The van der Waals surface area contributed by atoms with Crippen molar-refractivity contribution in [1.29, 1.82) is 0 Å². The van der Waals surface area contributed by atoms with Crippen LogP contribution >= 0.6 is 22.6 Å². The topological polar surface area (TPSA) is 30.7 Å². The molecule has 0 saturated heterocycles. The lowest BCUT2D eigenvalue weighted by Gasteiger charge is -1.96. The van der Waals surface area contributed by atoms with Gasteiger partial charge in [0.1, 0.15) is 3.70 Å². The van der Waals surface area contributed by atoms with Gasteiger partial charge < -0.3 is 0 Å². The Balaban J connectivity index is 2.45. The molecule has 0 radical (unpaired) electrons. The maximum absolute atomic E-state index is 4.22. The van der Waals surface area contributed by atoms with Crippen molar-refractivity contribution in [2.24, 2.45) is 0 Å². The average molecular weight is 271 g/mol. The van der Waals surface area contributed by atoms with Gasteiger partial charge in [-0.05, 0) is 40.8 Å². The molecule has 0 unspecified atom stereocenters. The first kappa shape index (κ1) is 7.72. The van der Waals surface area contributed by atoms with E-state index >= 15 is 0 Å². The summed E-state index contributed by atoms with van der Waals surface area (Å²) in [7, 11) is 0. The molecule has 0 spiro atoms. The summed E-state index contributed by atoms with van der Waals surface area (Å²) in [5.74, 6) is 0.848. The molecule has 4 heteroatoms. The van der Waals surface area contributed by atoms with E-state index in [2.05, 4.69) is 32.7 Å². The minimum Gasteiger partial charge on any atom is -0.237 e. The van der Waals surface area contributed by atoms with Gasteiger partial charge in [-0.1, -0.05) is 6.07 Å². The summed E-state index contributed by atoms with van der Waals surface area (Å²) in [4.78, 5) is 4.16. The molecule has 0 aliphatic heterocycles. The van der Waals surface area contributed by atoms with Crippen LogP contribution in [0.3, 0.4) is 0 Å². The molecule has 0 aromatic carbocycles. The number of pyridine rings is 1. The second kappa shape index (κ2) is 3.22. The molecule has 2 aromatic rings.